The van der Waals surface area contributed by atoms with Gasteiger partial charge in [0.15, 0.2) is 0 Å². The summed E-state index contributed by atoms with van der Waals surface area (Å²) < 4.78 is 0. The smallest absolute Gasteiger partial charge is 0.235 e. The van der Waals surface area contributed by atoms with Gasteiger partial charge < -0.3 is 5.73 Å². The lowest BCUT2D eigenvalue weighted by Crippen LogP contribution is -2.30. The fourth-order valence-corrected chi connectivity index (χ4v) is 0.484. The average Bonchev–Trinajstić information content (AvgIpc) is 2.05. The molecule has 13 heavy (non-hydrogen) atoms. The van der Waals surface area contributed by atoms with E-state index in [0.717, 1.165) is 0 Å². The zero-order valence-corrected chi connectivity index (χ0v) is 6.36. The molecule has 0 aliphatic carbocycles. The van der Waals surface area contributed by atoms with E-state index in [0.29, 0.717) is 0 Å². The van der Waals surface area contributed by atoms with Crippen LogP contribution in [0.15, 0.2) is 10.2 Å². The number of carbonyl (C=O) groups excluding carboxylic acids is 2. The summed E-state index contributed by atoms with van der Waals surface area (Å²) >= 11 is 0. The van der Waals surface area contributed by atoms with Gasteiger partial charge in [-0.15, -0.1) is 0 Å². The molecule has 9 heteroatoms. The molecule has 0 aromatic rings. The number of hydrogen-bond donors (Lipinski definition) is 1. The lowest BCUT2D eigenvalue weighted by atomic mass is 10.2. The third-order valence-corrected chi connectivity index (χ3v) is 1.01. The molecule has 0 spiro atoms. The van der Waals surface area contributed by atoms with Gasteiger partial charge in [-0.25, -0.2) is 0 Å². The Hall–Kier alpha value is -2.08. The Bertz CT molecular complexity index is 310. The second-order valence-electron chi connectivity index (χ2n) is 1.92. The minimum absolute atomic E-state index is 0.470. The van der Waals surface area contributed by atoms with Gasteiger partial charge in [-0.05, 0) is 21.3 Å². The molecule has 0 saturated carbocycles. The topological polar surface area (TPSA) is 158 Å². The number of carbonyl (C=O) groups is 2. The Kier molecular flexibility index (Phi) is 4.67. The van der Waals surface area contributed by atoms with Crippen LogP contribution in [-0.4, -0.2) is 17.9 Å². The number of nitrogens with zero attached hydrogens (tertiary/aromatic N) is 6. The van der Waals surface area contributed by atoms with Crippen molar-refractivity contribution in [2.24, 2.45) is 16.0 Å². The van der Waals surface area contributed by atoms with Crippen molar-refractivity contribution in [1.82, 2.24) is 0 Å². The summed E-state index contributed by atoms with van der Waals surface area (Å²) in [6, 6.07) is -1.26. The normalized spacial score (nSPS) is 10.5. The van der Waals surface area contributed by atoms with E-state index in [4.69, 9.17) is 16.8 Å². The van der Waals surface area contributed by atoms with Crippen LogP contribution in [0.2, 0.25) is 0 Å². The maximum atomic E-state index is 10.7. The molecule has 0 aromatic heterocycles. The molecule has 68 valence electrons. The Morgan fingerprint density at radius 3 is 2.31 bits per heavy atom. The molecule has 0 bridgehead atoms. The Morgan fingerprint density at radius 1 is 1.31 bits per heavy atom. The predicted octanol–water partition coefficient (Wildman–Crippen LogP) is 0.378. The first-order valence-electron chi connectivity index (χ1n) is 3.04. The fraction of sp³-hybridized carbons (Fsp3) is 0.500. The second-order valence-corrected chi connectivity index (χ2v) is 1.92. The molecule has 2 amide bonds. The Morgan fingerprint density at radius 2 is 1.85 bits per heavy atom. The monoisotopic (exact) mass is 183 g/mol. The molecule has 0 radical (unpaired) electrons. The van der Waals surface area contributed by atoms with E-state index in [9.17, 15) is 9.59 Å². The third-order valence-electron chi connectivity index (χ3n) is 1.01. The highest BCUT2D eigenvalue weighted by Gasteiger charge is 2.14. The summed E-state index contributed by atoms with van der Waals surface area (Å²) in [5.74, 6) is -1.85. The van der Waals surface area contributed by atoms with E-state index in [-0.39, 0.29) is 0 Å². The van der Waals surface area contributed by atoms with Gasteiger partial charge >= 0.3 is 0 Å². The molecule has 0 unspecified atom stereocenters. The summed E-state index contributed by atoms with van der Waals surface area (Å²) in [6.07, 6.45) is -0.470. The van der Waals surface area contributed by atoms with Gasteiger partial charge in [0.1, 0.15) is 0 Å². The summed E-state index contributed by atoms with van der Waals surface area (Å²) in [6.45, 7) is 0. The van der Waals surface area contributed by atoms with Crippen molar-refractivity contribution in [1.29, 1.82) is 0 Å². The fourth-order valence-electron chi connectivity index (χ4n) is 0.484. The van der Waals surface area contributed by atoms with Crippen molar-refractivity contribution >= 4 is 11.8 Å². The van der Waals surface area contributed by atoms with Gasteiger partial charge in [0, 0.05) is 16.2 Å². The second kappa shape index (κ2) is 5.56. The van der Waals surface area contributed by atoms with E-state index in [1.54, 1.807) is 0 Å². The van der Waals surface area contributed by atoms with E-state index >= 15 is 0 Å². The number of azide groups is 2. The highest BCUT2D eigenvalue weighted by molar-refractivity contribution is 5.88. The van der Waals surface area contributed by atoms with Gasteiger partial charge in [-0.3, -0.25) is 9.59 Å². The van der Waals surface area contributed by atoms with Crippen LogP contribution < -0.4 is 5.73 Å². The third kappa shape index (κ3) is 4.38. The van der Waals surface area contributed by atoms with Crippen LogP contribution in [0.5, 0.6) is 0 Å². The van der Waals surface area contributed by atoms with Gasteiger partial charge in [-0.1, -0.05) is 0 Å². The lowest BCUT2D eigenvalue weighted by molar-refractivity contribution is -0.124. The van der Waals surface area contributed by atoms with E-state index in [2.05, 4.69) is 20.1 Å². The summed E-state index contributed by atoms with van der Waals surface area (Å²) in [5.41, 5.74) is 20.8. The minimum Gasteiger partial charge on any atom is -0.321 e. The summed E-state index contributed by atoms with van der Waals surface area (Å²) in [5, 5.41) is 5.35. The number of hydrogen-bond acceptors (Lipinski definition) is 3. The quantitative estimate of drug-likeness (QED) is 0.381. The molecule has 0 aromatic carbocycles. The molecule has 0 rings (SSSR count). The molecule has 0 fully saturated rings. The van der Waals surface area contributed by atoms with Crippen LogP contribution in [0.1, 0.15) is 6.42 Å². The van der Waals surface area contributed by atoms with Crippen LogP contribution in [-0.2, 0) is 9.59 Å². The van der Waals surface area contributed by atoms with Crippen molar-refractivity contribution in [2.75, 3.05) is 0 Å². The van der Waals surface area contributed by atoms with Crippen molar-refractivity contribution in [3.05, 3.63) is 20.9 Å². The maximum absolute atomic E-state index is 10.7. The zero-order valence-electron chi connectivity index (χ0n) is 6.36. The largest absolute Gasteiger partial charge is 0.321 e. The first-order valence-corrected chi connectivity index (χ1v) is 3.04. The van der Waals surface area contributed by atoms with Crippen molar-refractivity contribution in [3.8, 4) is 0 Å². The standard InChI is InChI=1S/C4H5N7O2/c5-2(4(13)9-11-7)1-3(12)8-10-6/h2H,1,5H2/t2-/m0/s1. The van der Waals surface area contributed by atoms with Crippen LogP contribution in [0, 0.1) is 0 Å². The Balaban J connectivity index is 4.22. The molecule has 2 N–H and O–H groups in total. The van der Waals surface area contributed by atoms with Gasteiger partial charge in [0.2, 0.25) is 11.8 Å². The first kappa shape index (κ1) is 10.9. The van der Waals surface area contributed by atoms with Crippen LogP contribution in [0.25, 0.3) is 20.9 Å². The summed E-state index contributed by atoms with van der Waals surface area (Å²) in [4.78, 5) is 25.6. The SMILES string of the molecule is [N-]=[N+]=NC(=O)C[C@H](N)C(=O)N=[N+]=[N-]. The molecular weight excluding hydrogens is 178 g/mol. The molecule has 0 heterocycles. The van der Waals surface area contributed by atoms with E-state index < -0.39 is 24.3 Å². The van der Waals surface area contributed by atoms with Crippen LogP contribution in [0.4, 0.5) is 0 Å². The molecule has 0 aliphatic rings. The predicted molar refractivity (Wildman–Crippen MR) is 40.9 cm³/mol. The van der Waals surface area contributed by atoms with Crippen molar-refractivity contribution < 1.29 is 9.59 Å². The molecule has 9 nitrogen and oxygen atoms in total. The van der Waals surface area contributed by atoms with Gasteiger partial charge in [-0.2, -0.15) is 0 Å². The minimum atomic E-state index is -1.26. The Labute approximate surface area is 71.8 Å². The van der Waals surface area contributed by atoms with E-state index in [1.165, 1.54) is 0 Å². The van der Waals surface area contributed by atoms with Crippen LogP contribution in [0.3, 0.4) is 0 Å². The highest BCUT2D eigenvalue weighted by Crippen LogP contribution is 1.94. The first-order chi connectivity index (χ1) is 6.11. The molecule has 0 saturated heterocycles. The summed E-state index contributed by atoms with van der Waals surface area (Å²) in [7, 11) is 0. The van der Waals surface area contributed by atoms with Crippen molar-refractivity contribution in [3.63, 3.8) is 0 Å². The van der Waals surface area contributed by atoms with Crippen molar-refractivity contribution in [2.45, 2.75) is 12.5 Å². The van der Waals surface area contributed by atoms with Gasteiger partial charge in [0.25, 0.3) is 0 Å². The number of rotatable bonds is 3. The molecule has 0 aliphatic heterocycles. The number of nitrogens with two attached hydrogens (primary N) is 1. The number of amides is 2. The highest BCUT2D eigenvalue weighted by atomic mass is 16.2. The molecule has 1 atom stereocenters. The van der Waals surface area contributed by atoms with Gasteiger partial charge in [0.05, 0.1) is 6.04 Å². The van der Waals surface area contributed by atoms with Crippen LogP contribution >= 0.6 is 0 Å². The zero-order chi connectivity index (χ0) is 10.3. The maximum Gasteiger partial charge on any atom is 0.235 e. The average molecular weight is 183 g/mol. The van der Waals surface area contributed by atoms with E-state index in [1.807, 2.05) is 0 Å². The molecular formula is C4H5N7O2. The lowest BCUT2D eigenvalue weighted by Gasteiger charge is -2.01.